The van der Waals surface area contributed by atoms with Crippen LogP contribution in [0.25, 0.3) is 0 Å². The Morgan fingerprint density at radius 2 is 1.65 bits per heavy atom. The number of aryl methyl sites for hydroxylation is 1. The minimum atomic E-state index is -4.86. The second kappa shape index (κ2) is 4.83. The van der Waals surface area contributed by atoms with Gasteiger partial charge in [-0.2, -0.15) is 18.5 Å². The van der Waals surface area contributed by atoms with E-state index in [-0.39, 0.29) is 10.8 Å². The second-order valence-electron chi connectivity index (χ2n) is 3.72. The summed E-state index contributed by atoms with van der Waals surface area (Å²) in [5.74, 6) is -0.00723. The number of aromatic nitrogens is 3. The van der Waals surface area contributed by atoms with Crippen LogP contribution in [-0.2, 0) is 27.3 Å². The van der Waals surface area contributed by atoms with E-state index in [1.165, 1.54) is 11.7 Å². The molecule has 2 aromatic rings. The molecular weight excluding hydrogens is 311 g/mol. The minimum absolute atomic E-state index is 0.00723. The Morgan fingerprint density at radius 1 is 1.10 bits per heavy atom. The fraction of sp³-hybridized carbons (Fsp3) is 0.111. The third kappa shape index (κ3) is 2.93. The molecule has 0 spiro atoms. The van der Waals surface area contributed by atoms with Crippen LogP contribution in [0.2, 0.25) is 0 Å². The fourth-order valence-corrected chi connectivity index (χ4v) is 2.85. The summed E-state index contributed by atoms with van der Waals surface area (Å²) >= 11 is 0. The predicted molar refractivity (Wildman–Crippen MR) is 66.5 cm³/mol. The highest BCUT2D eigenvalue weighted by Crippen LogP contribution is 2.18. The van der Waals surface area contributed by atoms with Crippen molar-refractivity contribution in [1.82, 2.24) is 14.8 Å². The third-order valence-electron chi connectivity index (χ3n) is 2.35. The van der Waals surface area contributed by atoms with E-state index in [2.05, 4.69) is 14.8 Å². The number of halogens is 1. The van der Waals surface area contributed by atoms with Gasteiger partial charge in [0.05, 0.1) is 9.79 Å². The van der Waals surface area contributed by atoms with Gasteiger partial charge in [0.1, 0.15) is 6.33 Å². The molecule has 1 aromatic heterocycles. The molecule has 0 saturated carbocycles. The van der Waals surface area contributed by atoms with Crippen LogP contribution in [0.1, 0.15) is 0 Å². The van der Waals surface area contributed by atoms with Gasteiger partial charge in [-0.25, -0.2) is 17.8 Å². The highest BCUT2D eigenvalue weighted by Gasteiger charge is 2.18. The summed E-state index contributed by atoms with van der Waals surface area (Å²) < 4.78 is 61.3. The van der Waals surface area contributed by atoms with Crippen molar-refractivity contribution in [2.24, 2.45) is 7.05 Å². The number of rotatable bonds is 4. The zero-order valence-electron chi connectivity index (χ0n) is 10.1. The Bertz CT molecular complexity index is 827. The van der Waals surface area contributed by atoms with Gasteiger partial charge in [0.25, 0.3) is 10.0 Å². The number of hydrogen-bond donors (Lipinski definition) is 1. The molecule has 0 unspecified atom stereocenters. The molecule has 0 fully saturated rings. The molecule has 11 heteroatoms. The molecule has 0 saturated heterocycles. The van der Waals surface area contributed by atoms with Gasteiger partial charge >= 0.3 is 10.2 Å². The highest BCUT2D eigenvalue weighted by molar-refractivity contribution is 7.92. The molecule has 8 nitrogen and oxygen atoms in total. The molecule has 1 aromatic carbocycles. The number of hydrogen-bond acceptors (Lipinski definition) is 6. The zero-order chi connectivity index (χ0) is 15.0. The van der Waals surface area contributed by atoms with Gasteiger partial charge in [-0.15, -0.1) is 3.89 Å². The van der Waals surface area contributed by atoms with Crippen LogP contribution in [0.3, 0.4) is 0 Å². The minimum Gasteiger partial charge on any atom is -0.247 e. The van der Waals surface area contributed by atoms with Crippen molar-refractivity contribution < 1.29 is 20.7 Å². The first-order valence-electron chi connectivity index (χ1n) is 5.12. The third-order valence-corrected chi connectivity index (χ3v) is 4.53. The van der Waals surface area contributed by atoms with E-state index >= 15 is 0 Å². The molecule has 0 amide bonds. The van der Waals surface area contributed by atoms with Crippen LogP contribution in [0.4, 0.5) is 9.83 Å². The lowest BCUT2D eigenvalue weighted by Gasteiger charge is -2.06. The lowest BCUT2D eigenvalue weighted by molar-refractivity contribution is 0.551. The first-order chi connectivity index (χ1) is 9.20. The summed E-state index contributed by atoms with van der Waals surface area (Å²) in [6, 6.07) is 3.68. The van der Waals surface area contributed by atoms with E-state index in [9.17, 15) is 20.7 Å². The number of benzene rings is 1. The maximum atomic E-state index is 12.7. The Balaban J connectivity index is 2.33. The molecule has 20 heavy (non-hydrogen) atoms. The molecule has 0 aliphatic rings. The van der Waals surface area contributed by atoms with E-state index in [0.717, 1.165) is 30.6 Å². The fourth-order valence-electron chi connectivity index (χ4n) is 1.35. The van der Waals surface area contributed by atoms with Crippen molar-refractivity contribution >= 4 is 26.2 Å². The van der Waals surface area contributed by atoms with Crippen molar-refractivity contribution in [3.05, 3.63) is 30.6 Å². The van der Waals surface area contributed by atoms with Gasteiger partial charge in [0, 0.05) is 7.05 Å². The van der Waals surface area contributed by atoms with Gasteiger partial charge in [-0.05, 0) is 24.3 Å². The van der Waals surface area contributed by atoms with Gasteiger partial charge in [0.2, 0.25) is 5.95 Å². The first-order valence-corrected chi connectivity index (χ1v) is 7.98. The SMILES string of the molecule is Cn1ncnc1NS(=O)(=O)c1ccc(S(=O)(=O)F)cc1. The summed E-state index contributed by atoms with van der Waals surface area (Å²) in [5.41, 5.74) is 0. The predicted octanol–water partition coefficient (Wildman–Crippen LogP) is 0.274. The maximum absolute atomic E-state index is 12.7. The normalized spacial score (nSPS) is 12.3. The smallest absolute Gasteiger partial charge is 0.247 e. The van der Waals surface area contributed by atoms with E-state index in [4.69, 9.17) is 0 Å². The first kappa shape index (κ1) is 14.4. The van der Waals surface area contributed by atoms with Crippen molar-refractivity contribution in [2.45, 2.75) is 9.79 Å². The summed E-state index contributed by atoms with van der Waals surface area (Å²) in [5, 5.41) is 3.69. The molecule has 0 aliphatic carbocycles. The molecule has 2 rings (SSSR count). The summed E-state index contributed by atoms with van der Waals surface area (Å²) in [7, 11) is -7.33. The summed E-state index contributed by atoms with van der Waals surface area (Å²) in [6.07, 6.45) is 1.16. The van der Waals surface area contributed by atoms with E-state index in [0.29, 0.717) is 0 Å². The molecule has 0 bridgehead atoms. The Kier molecular flexibility index (Phi) is 3.48. The summed E-state index contributed by atoms with van der Waals surface area (Å²) in [4.78, 5) is 2.84. The standard InChI is InChI=1S/C9H9FN4O4S2/c1-14-9(11-6-12-14)13-20(17,18)8-4-2-7(3-5-8)19(10,15)16/h2-6H,1H3,(H,11,12,13). The highest BCUT2D eigenvalue weighted by atomic mass is 32.3. The van der Waals surface area contributed by atoms with E-state index < -0.39 is 25.1 Å². The summed E-state index contributed by atoms with van der Waals surface area (Å²) in [6.45, 7) is 0. The van der Waals surface area contributed by atoms with Crippen molar-refractivity contribution in [3.63, 3.8) is 0 Å². The van der Waals surface area contributed by atoms with E-state index in [1.807, 2.05) is 0 Å². The van der Waals surface area contributed by atoms with Crippen molar-refractivity contribution in [2.75, 3.05) is 4.72 Å². The lowest BCUT2D eigenvalue weighted by Crippen LogP contribution is -2.16. The lowest BCUT2D eigenvalue weighted by atomic mass is 10.4. The quantitative estimate of drug-likeness (QED) is 0.810. The molecule has 1 heterocycles. The molecule has 0 aliphatic heterocycles. The monoisotopic (exact) mass is 320 g/mol. The van der Waals surface area contributed by atoms with Crippen LogP contribution in [-0.4, -0.2) is 31.6 Å². The number of anilines is 1. The van der Waals surface area contributed by atoms with Gasteiger partial charge in [0.15, 0.2) is 0 Å². The second-order valence-corrected chi connectivity index (χ2v) is 6.75. The largest absolute Gasteiger partial charge is 0.332 e. The molecule has 0 radical (unpaired) electrons. The van der Waals surface area contributed by atoms with Gasteiger partial charge in [-0.3, -0.25) is 0 Å². The molecule has 0 atom stereocenters. The molecule has 1 N–H and O–H groups in total. The molecular formula is C9H9FN4O4S2. The van der Waals surface area contributed by atoms with Crippen LogP contribution >= 0.6 is 0 Å². The van der Waals surface area contributed by atoms with Crippen LogP contribution in [0.5, 0.6) is 0 Å². The average molecular weight is 320 g/mol. The van der Waals surface area contributed by atoms with Crippen LogP contribution in [0.15, 0.2) is 40.4 Å². The Morgan fingerprint density at radius 3 is 2.10 bits per heavy atom. The Hall–Kier alpha value is -2.01. The van der Waals surface area contributed by atoms with Gasteiger partial charge < -0.3 is 0 Å². The zero-order valence-corrected chi connectivity index (χ0v) is 11.7. The van der Waals surface area contributed by atoms with Crippen molar-refractivity contribution in [1.29, 1.82) is 0 Å². The Labute approximate surface area is 114 Å². The maximum Gasteiger partial charge on any atom is 0.332 e. The molecule has 108 valence electrons. The van der Waals surface area contributed by atoms with Crippen LogP contribution in [0, 0.1) is 0 Å². The number of nitrogens with zero attached hydrogens (tertiary/aromatic N) is 3. The van der Waals surface area contributed by atoms with Gasteiger partial charge in [-0.1, -0.05) is 0 Å². The average Bonchev–Trinajstić information content (AvgIpc) is 2.73. The number of nitrogens with one attached hydrogen (secondary N) is 1. The topological polar surface area (TPSA) is 111 Å². The van der Waals surface area contributed by atoms with Crippen LogP contribution < -0.4 is 4.72 Å². The number of sulfonamides is 1. The van der Waals surface area contributed by atoms with E-state index in [1.54, 1.807) is 0 Å². The van der Waals surface area contributed by atoms with Crippen molar-refractivity contribution in [3.8, 4) is 0 Å².